The fourth-order valence-corrected chi connectivity index (χ4v) is 2.44. The number of nitrogens with zero attached hydrogens (tertiary/aromatic N) is 3. The van der Waals surface area contributed by atoms with Crippen LogP contribution in [0.3, 0.4) is 0 Å². The van der Waals surface area contributed by atoms with Crippen LogP contribution in [0.25, 0.3) is 11.3 Å². The molecule has 25 heavy (non-hydrogen) atoms. The Morgan fingerprint density at radius 3 is 2.52 bits per heavy atom. The van der Waals surface area contributed by atoms with E-state index in [1.807, 2.05) is 38.5 Å². The first-order valence-corrected chi connectivity index (χ1v) is 8.40. The molecule has 6 heteroatoms. The molecule has 5 nitrogen and oxygen atoms in total. The minimum absolute atomic E-state index is 0. The summed E-state index contributed by atoms with van der Waals surface area (Å²) in [6.07, 6.45) is 2.98. The summed E-state index contributed by atoms with van der Waals surface area (Å²) in [5, 5.41) is 3.42. The first-order chi connectivity index (χ1) is 11.4. The highest BCUT2D eigenvalue weighted by molar-refractivity contribution is 14.0. The van der Waals surface area contributed by atoms with Gasteiger partial charge in [0.2, 0.25) is 0 Å². The monoisotopic (exact) mass is 455 g/mol. The van der Waals surface area contributed by atoms with E-state index in [2.05, 4.69) is 58.1 Å². The molecular weight excluding hydrogens is 425 g/mol. The van der Waals surface area contributed by atoms with Gasteiger partial charge in [0.05, 0.1) is 18.4 Å². The summed E-state index contributed by atoms with van der Waals surface area (Å²) in [4.78, 5) is 14.3. The molecule has 1 aromatic carbocycles. The predicted octanol–water partition coefficient (Wildman–Crippen LogP) is 4.14. The van der Waals surface area contributed by atoms with Crippen molar-refractivity contribution in [3.63, 3.8) is 0 Å². The lowest BCUT2D eigenvalue weighted by atomic mass is 9.92. The lowest BCUT2D eigenvalue weighted by molar-refractivity contribution is 0.371. The number of hydrogen-bond donors (Lipinski definition) is 2. The molecule has 0 amide bonds. The molecule has 2 aromatic rings. The van der Waals surface area contributed by atoms with Crippen LogP contribution in [0.5, 0.6) is 0 Å². The molecule has 0 spiro atoms. The van der Waals surface area contributed by atoms with Gasteiger partial charge >= 0.3 is 0 Å². The normalized spacial score (nSPS) is 11.8. The molecule has 1 aromatic heterocycles. The van der Waals surface area contributed by atoms with Crippen LogP contribution >= 0.6 is 24.0 Å². The number of rotatable bonds is 5. The van der Waals surface area contributed by atoms with Gasteiger partial charge in [-0.3, -0.25) is 4.99 Å². The van der Waals surface area contributed by atoms with Gasteiger partial charge in [-0.25, -0.2) is 4.98 Å². The van der Waals surface area contributed by atoms with Crippen LogP contribution in [-0.4, -0.2) is 41.5 Å². The van der Waals surface area contributed by atoms with Crippen LogP contribution in [0.1, 0.15) is 33.0 Å². The Labute approximate surface area is 168 Å². The van der Waals surface area contributed by atoms with Crippen LogP contribution in [0.2, 0.25) is 0 Å². The van der Waals surface area contributed by atoms with Gasteiger partial charge in [0.15, 0.2) is 5.96 Å². The molecule has 2 rings (SSSR count). The second-order valence-electron chi connectivity index (χ2n) is 7.25. The third-order valence-corrected chi connectivity index (χ3v) is 3.83. The fourth-order valence-electron chi connectivity index (χ4n) is 2.44. The summed E-state index contributed by atoms with van der Waals surface area (Å²) in [5.41, 5.74) is 2.50. The Morgan fingerprint density at radius 2 is 1.92 bits per heavy atom. The highest BCUT2D eigenvalue weighted by atomic mass is 127. The molecule has 0 unspecified atom stereocenters. The number of guanidine groups is 1. The van der Waals surface area contributed by atoms with Gasteiger partial charge in [0, 0.05) is 20.6 Å². The number of nitrogens with one attached hydrogen (secondary N) is 2. The van der Waals surface area contributed by atoms with E-state index in [9.17, 15) is 0 Å². The zero-order valence-electron chi connectivity index (χ0n) is 15.8. The maximum Gasteiger partial charge on any atom is 0.193 e. The first-order valence-electron chi connectivity index (χ1n) is 8.40. The Balaban J connectivity index is 0.00000312. The molecule has 0 saturated heterocycles. The molecule has 0 fully saturated rings. The zero-order valence-corrected chi connectivity index (χ0v) is 18.2. The number of imidazole rings is 1. The summed E-state index contributed by atoms with van der Waals surface area (Å²) >= 11 is 0. The first kappa shape index (κ1) is 21.5. The Morgan fingerprint density at radius 1 is 1.24 bits per heavy atom. The fraction of sp³-hybridized carbons (Fsp3) is 0.474. The van der Waals surface area contributed by atoms with Crippen molar-refractivity contribution in [3.05, 3.63) is 42.4 Å². The van der Waals surface area contributed by atoms with Crippen LogP contribution < -0.4 is 5.32 Å². The van der Waals surface area contributed by atoms with Gasteiger partial charge < -0.3 is 15.2 Å². The molecule has 0 radical (unpaired) electrons. The Kier molecular flexibility index (Phi) is 8.41. The van der Waals surface area contributed by atoms with Gasteiger partial charge in [-0.1, -0.05) is 51.1 Å². The minimum atomic E-state index is 0. The van der Waals surface area contributed by atoms with E-state index in [0.29, 0.717) is 12.0 Å². The Hall–Kier alpha value is -1.57. The summed E-state index contributed by atoms with van der Waals surface area (Å²) in [5.74, 6) is 1.81. The second kappa shape index (κ2) is 9.79. The van der Waals surface area contributed by atoms with Crippen LogP contribution in [0.15, 0.2) is 41.5 Å². The molecular formula is C19H30IN5. The van der Waals surface area contributed by atoms with Crippen molar-refractivity contribution >= 4 is 29.9 Å². The van der Waals surface area contributed by atoms with Gasteiger partial charge in [0.25, 0.3) is 0 Å². The molecule has 0 bridgehead atoms. The zero-order chi connectivity index (χ0) is 17.6. The van der Waals surface area contributed by atoms with E-state index in [4.69, 9.17) is 0 Å². The van der Waals surface area contributed by atoms with Crippen molar-refractivity contribution in [3.8, 4) is 11.3 Å². The van der Waals surface area contributed by atoms with E-state index in [1.165, 1.54) is 0 Å². The standard InChI is InChI=1S/C19H29N5.HI/c1-19(2,3)11-12-21-18(20-4)24(5)14-17-22-13-16(23-17)15-9-7-6-8-10-15;/h6-10,13H,11-12,14H2,1-5H3,(H,20,21)(H,22,23);1H. The van der Waals surface area contributed by atoms with Crippen molar-refractivity contribution in [2.75, 3.05) is 20.6 Å². The van der Waals surface area contributed by atoms with E-state index in [0.717, 1.165) is 36.0 Å². The number of halogens is 1. The largest absolute Gasteiger partial charge is 0.356 e. The summed E-state index contributed by atoms with van der Waals surface area (Å²) in [6, 6.07) is 10.2. The Bertz CT molecular complexity index is 658. The maximum absolute atomic E-state index is 4.49. The smallest absolute Gasteiger partial charge is 0.193 e. The second-order valence-corrected chi connectivity index (χ2v) is 7.25. The van der Waals surface area contributed by atoms with Crippen LogP contribution in [0, 0.1) is 5.41 Å². The lowest BCUT2D eigenvalue weighted by Gasteiger charge is -2.23. The molecule has 0 aliphatic carbocycles. The molecule has 0 aliphatic rings. The van der Waals surface area contributed by atoms with Gasteiger partial charge in [0.1, 0.15) is 5.82 Å². The molecule has 1 heterocycles. The third-order valence-electron chi connectivity index (χ3n) is 3.83. The molecule has 0 aliphatic heterocycles. The number of H-pyrrole nitrogens is 1. The minimum Gasteiger partial charge on any atom is -0.356 e. The summed E-state index contributed by atoms with van der Waals surface area (Å²) < 4.78 is 0. The highest BCUT2D eigenvalue weighted by Gasteiger charge is 2.12. The lowest BCUT2D eigenvalue weighted by Crippen LogP contribution is -2.39. The summed E-state index contributed by atoms with van der Waals surface area (Å²) in [6.45, 7) is 8.33. The van der Waals surface area contributed by atoms with Crippen molar-refractivity contribution in [2.45, 2.75) is 33.7 Å². The van der Waals surface area contributed by atoms with E-state index < -0.39 is 0 Å². The van der Waals surface area contributed by atoms with Crippen molar-refractivity contribution in [2.24, 2.45) is 10.4 Å². The highest BCUT2D eigenvalue weighted by Crippen LogP contribution is 2.17. The van der Waals surface area contributed by atoms with E-state index in [-0.39, 0.29) is 24.0 Å². The van der Waals surface area contributed by atoms with Crippen LogP contribution in [-0.2, 0) is 6.54 Å². The average molecular weight is 455 g/mol. The molecule has 2 N–H and O–H groups in total. The predicted molar refractivity (Wildman–Crippen MR) is 116 cm³/mol. The number of aromatic nitrogens is 2. The van der Waals surface area contributed by atoms with E-state index >= 15 is 0 Å². The van der Waals surface area contributed by atoms with Gasteiger partial charge in [-0.05, 0) is 17.4 Å². The number of aliphatic imine (C=N–C) groups is 1. The number of aromatic amines is 1. The molecule has 138 valence electrons. The summed E-state index contributed by atoms with van der Waals surface area (Å²) in [7, 11) is 3.84. The molecule has 0 saturated carbocycles. The quantitative estimate of drug-likeness (QED) is 0.405. The van der Waals surface area contributed by atoms with Crippen LogP contribution in [0.4, 0.5) is 0 Å². The van der Waals surface area contributed by atoms with E-state index in [1.54, 1.807) is 0 Å². The van der Waals surface area contributed by atoms with Gasteiger partial charge in [-0.15, -0.1) is 24.0 Å². The average Bonchev–Trinajstić information content (AvgIpc) is 3.00. The number of hydrogen-bond acceptors (Lipinski definition) is 2. The van der Waals surface area contributed by atoms with Crippen molar-refractivity contribution in [1.82, 2.24) is 20.2 Å². The number of benzene rings is 1. The van der Waals surface area contributed by atoms with Crippen molar-refractivity contribution < 1.29 is 0 Å². The molecule has 0 atom stereocenters. The third kappa shape index (κ3) is 7.05. The maximum atomic E-state index is 4.49. The SMILES string of the molecule is CN=C(NCCC(C)(C)C)N(C)Cc1ncc(-c2ccccc2)[nH]1.I. The van der Waals surface area contributed by atoms with Gasteiger partial charge in [-0.2, -0.15) is 0 Å². The van der Waals surface area contributed by atoms with Crippen molar-refractivity contribution in [1.29, 1.82) is 0 Å². The topological polar surface area (TPSA) is 56.3 Å².